The van der Waals surface area contributed by atoms with Gasteiger partial charge in [0.05, 0.1) is 5.75 Å². The van der Waals surface area contributed by atoms with Crippen LogP contribution >= 0.6 is 0 Å². The highest BCUT2D eigenvalue weighted by Crippen LogP contribution is 2.00. The summed E-state index contributed by atoms with van der Waals surface area (Å²) < 4.78 is 24.9. The van der Waals surface area contributed by atoms with Crippen LogP contribution in [-0.2, 0) is 10.0 Å². The van der Waals surface area contributed by atoms with Crippen LogP contribution in [0.25, 0.3) is 0 Å². The molecule has 0 aliphatic rings. The third-order valence-electron chi connectivity index (χ3n) is 2.11. The lowest BCUT2D eigenvalue weighted by Gasteiger charge is -2.05. The maximum atomic E-state index is 11.5. The average Bonchev–Trinajstić information content (AvgIpc) is 2.69. The Bertz CT molecular complexity index is 423. The van der Waals surface area contributed by atoms with Crippen molar-refractivity contribution >= 4 is 15.9 Å². The topological polar surface area (TPSA) is 79.0 Å². The molecule has 0 spiro atoms. The second-order valence-electron chi connectivity index (χ2n) is 3.54. The molecule has 2 N–H and O–H groups in total. The summed E-state index contributed by atoms with van der Waals surface area (Å²) in [4.78, 5) is 14.1. The van der Waals surface area contributed by atoms with Gasteiger partial charge >= 0.3 is 0 Å². The van der Waals surface area contributed by atoms with E-state index < -0.39 is 15.9 Å². The van der Waals surface area contributed by atoms with Crippen LogP contribution in [0.4, 0.5) is 0 Å². The molecule has 0 radical (unpaired) electrons. The summed E-state index contributed by atoms with van der Waals surface area (Å²) in [6, 6.07) is 3.16. The number of carbonyl (C=O) groups excluding carboxylic acids is 1. The minimum atomic E-state index is -3.50. The smallest absolute Gasteiger partial charge is 0.281 e. The lowest BCUT2D eigenvalue weighted by Crippen LogP contribution is -2.32. The molecule has 0 aromatic carbocycles. The number of H-pyrrole nitrogens is 1. The van der Waals surface area contributed by atoms with Gasteiger partial charge in [0.1, 0.15) is 5.69 Å². The highest BCUT2D eigenvalue weighted by atomic mass is 32.2. The first-order valence-electron chi connectivity index (χ1n) is 5.23. The Morgan fingerprint density at radius 2 is 2.19 bits per heavy atom. The molecule has 0 fully saturated rings. The summed E-state index contributed by atoms with van der Waals surface area (Å²) in [7, 11) is -3.50. The van der Waals surface area contributed by atoms with Gasteiger partial charge < -0.3 is 4.98 Å². The molecule has 6 heteroatoms. The van der Waals surface area contributed by atoms with E-state index in [1.54, 1.807) is 12.3 Å². The Balaban J connectivity index is 2.50. The molecule has 1 rings (SSSR count). The fourth-order valence-electron chi connectivity index (χ4n) is 1.26. The molecule has 0 aliphatic heterocycles. The minimum Gasteiger partial charge on any atom is -0.357 e. The first-order valence-corrected chi connectivity index (χ1v) is 6.88. The molecule has 0 atom stereocenters. The molecule has 1 aromatic heterocycles. The maximum absolute atomic E-state index is 11.5. The van der Waals surface area contributed by atoms with E-state index in [9.17, 15) is 13.2 Å². The summed E-state index contributed by atoms with van der Waals surface area (Å²) in [6.07, 6.45) is 3.93. The van der Waals surface area contributed by atoms with Crippen LogP contribution in [0.2, 0.25) is 0 Å². The minimum absolute atomic E-state index is 0.00666. The fourth-order valence-corrected chi connectivity index (χ4v) is 2.34. The summed E-state index contributed by atoms with van der Waals surface area (Å²) in [5.41, 5.74) is 0.249. The van der Waals surface area contributed by atoms with Gasteiger partial charge in [0, 0.05) is 6.20 Å². The molecule has 0 aliphatic carbocycles. The van der Waals surface area contributed by atoms with Gasteiger partial charge in [-0.15, -0.1) is 0 Å². The SMILES string of the molecule is CCCCCS(=O)(=O)NC(=O)c1ccc[nH]1. The summed E-state index contributed by atoms with van der Waals surface area (Å²) >= 11 is 0. The summed E-state index contributed by atoms with van der Waals surface area (Å²) in [5, 5.41) is 0. The van der Waals surface area contributed by atoms with Crippen molar-refractivity contribution in [1.29, 1.82) is 0 Å². The van der Waals surface area contributed by atoms with Gasteiger partial charge in [-0.2, -0.15) is 0 Å². The fraction of sp³-hybridized carbons (Fsp3) is 0.500. The Hall–Kier alpha value is -1.30. The number of aromatic amines is 1. The molecule has 0 unspecified atom stereocenters. The number of rotatable bonds is 6. The molecule has 0 saturated heterocycles. The third-order valence-corrected chi connectivity index (χ3v) is 3.43. The molecule has 90 valence electrons. The van der Waals surface area contributed by atoms with E-state index in [1.165, 1.54) is 6.07 Å². The van der Waals surface area contributed by atoms with Crippen molar-refractivity contribution in [3.8, 4) is 0 Å². The largest absolute Gasteiger partial charge is 0.357 e. The molecular formula is C10H16N2O3S. The predicted octanol–water partition coefficient (Wildman–Crippen LogP) is 1.26. The van der Waals surface area contributed by atoms with E-state index in [-0.39, 0.29) is 11.4 Å². The van der Waals surface area contributed by atoms with E-state index in [0.29, 0.717) is 6.42 Å². The number of aromatic nitrogens is 1. The van der Waals surface area contributed by atoms with Crippen LogP contribution in [0.15, 0.2) is 18.3 Å². The zero-order chi connectivity index (χ0) is 12.0. The standard InChI is InChI=1S/C10H16N2O3S/c1-2-3-4-8-16(14,15)12-10(13)9-6-5-7-11-9/h5-7,11H,2-4,8H2,1H3,(H,12,13). The number of unbranched alkanes of at least 4 members (excludes halogenated alkanes) is 2. The van der Waals surface area contributed by atoms with Crippen LogP contribution in [-0.4, -0.2) is 25.1 Å². The Morgan fingerprint density at radius 1 is 1.44 bits per heavy atom. The quantitative estimate of drug-likeness (QED) is 0.739. The number of hydrogen-bond donors (Lipinski definition) is 2. The van der Waals surface area contributed by atoms with Gasteiger partial charge in [-0.05, 0) is 18.6 Å². The molecule has 1 heterocycles. The van der Waals surface area contributed by atoms with Gasteiger partial charge in [0.15, 0.2) is 0 Å². The Morgan fingerprint density at radius 3 is 2.75 bits per heavy atom. The van der Waals surface area contributed by atoms with Crippen molar-refractivity contribution in [2.45, 2.75) is 26.2 Å². The summed E-state index contributed by atoms with van der Waals surface area (Å²) in [5.74, 6) is -0.616. The van der Waals surface area contributed by atoms with Crippen LogP contribution < -0.4 is 4.72 Å². The van der Waals surface area contributed by atoms with E-state index in [0.717, 1.165) is 12.8 Å². The number of nitrogens with one attached hydrogen (secondary N) is 2. The summed E-state index contributed by atoms with van der Waals surface area (Å²) in [6.45, 7) is 1.99. The number of hydrogen-bond acceptors (Lipinski definition) is 3. The van der Waals surface area contributed by atoms with E-state index >= 15 is 0 Å². The van der Waals surface area contributed by atoms with Gasteiger partial charge in [-0.1, -0.05) is 19.8 Å². The maximum Gasteiger partial charge on any atom is 0.281 e. The first-order chi connectivity index (χ1) is 7.55. The van der Waals surface area contributed by atoms with Crippen molar-refractivity contribution in [3.63, 3.8) is 0 Å². The number of carbonyl (C=O) groups is 1. The molecule has 0 bridgehead atoms. The van der Waals surface area contributed by atoms with Gasteiger partial charge in [-0.3, -0.25) is 4.79 Å². The predicted molar refractivity (Wildman–Crippen MR) is 61.6 cm³/mol. The van der Waals surface area contributed by atoms with Crippen LogP contribution in [0.5, 0.6) is 0 Å². The third kappa shape index (κ3) is 4.06. The zero-order valence-corrected chi connectivity index (χ0v) is 10.0. The highest BCUT2D eigenvalue weighted by molar-refractivity contribution is 7.90. The van der Waals surface area contributed by atoms with E-state index in [1.807, 2.05) is 11.6 Å². The molecule has 16 heavy (non-hydrogen) atoms. The monoisotopic (exact) mass is 244 g/mol. The first kappa shape index (κ1) is 12.8. The molecule has 0 saturated carbocycles. The molecule has 1 amide bonds. The van der Waals surface area contributed by atoms with Crippen LogP contribution in [0.1, 0.15) is 36.7 Å². The molecule has 5 nitrogen and oxygen atoms in total. The molecular weight excluding hydrogens is 228 g/mol. The van der Waals surface area contributed by atoms with Crippen LogP contribution in [0, 0.1) is 0 Å². The lowest BCUT2D eigenvalue weighted by atomic mass is 10.3. The van der Waals surface area contributed by atoms with Crippen molar-refractivity contribution in [2.24, 2.45) is 0 Å². The van der Waals surface area contributed by atoms with E-state index in [2.05, 4.69) is 4.98 Å². The van der Waals surface area contributed by atoms with Crippen molar-refractivity contribution in [3.05, 3.63) is 24.0 Å². The number of sulfonamides is 1. The Kier molecular flexibility index (Phi) is 4.54. The average molecular weight is 244 g/mol. The second kappa shape index (κ2) is 5.69. The lowest BCUT2D eigenvalue weighted by molar-refractivity contribution is 0.0977. The highest BCUT2D eigenvalue weighted by Gasteiger charge is 2.15. The Labute approximate surface area is 95.3 Å². The molecule has 1 aromatic rings. The van der Waals surface area contributed by atoms with E-state index in [4.69, 9.17) is 0 Å². The van der Waals surface area contributed by atoms with Gasteiger partial charge in [-0.25, -0.2) is 13.1 Å². The van der Waals surface area contributed by atoms with Crippen molar-refractivity contribution < 1.29 is 13.2 Å². The second-order valence-corrected chi connectivity index (χ2v) is 5.38. The van der Waals surface area contributed by atoms with Crippen LogP contribution in [0.3, 0.4) is 0 Å². The van der Waals surface area contributed by atoms with Gasteiger partial charge in [0.25, 0.3) is 5.91 Å². The van der Waals surface area contributed by atoms with Gasteiger partial charge in [0.2, 0.25) is 10.0 Å². The van der Waals surface area contributed by atoms with Crippen molar-refractivity contribution in [1.82, 2.24) is 9.71 Å². The van der Waals surface area contributed by atoms with Crippen molar-refractivity contribution in [2.75, 3.05) is 5.75 Å². The normalized spacial score (nSPS) is 11.3. The number of amides is 1. The zero-order valence-electron chi connectivity index (χ0n) is 9.19.